The van der Waals surface area contributed by atoms with E-state index in [0.717, 1.165) is 22.8 Å². The van der Waals surface area contributed by atoms with Crippen LogP contribution in [0.15, 0.2) is 30.6 Å². The predicted octanol–water partition coefficient (Wildman–Crippen LogP) is 2.71. The van der Waals surface area contributed by atoms with Crippen LogP contribution >= 0.6 is 0 Å². The van der Waals surface area contributed by atoms with Crippen LogP contribution in [0, 0.1) is 13.8 Å². The molecule has 0 saturated carbocycles. The van der Waals surface area contributed by atoms with Gasteiger partial charge in [0, 0.05) is 30.1 Å². The Kier molecular flexibility index (Phi) is 4.43. The molecule has 1 fully saturated rings. The SMILES string of the molecule is Cc1ncn(-c2ccc(NC(=O)C3(N)CCOC(C)(C)C3)cc2)c1C. The van der Waals surface area contributed by atoms with Gasteiger partial charge in [-0.2, -0.15) is 0 Å². The largest absolute Gasteiger partial charge is 0.375 e. The number of rotatable bonds is 3. The number of aromatic nitrogens is 2. The predicted molar refractivity (Wildman–Crippen MR) is 97.9 cm³/mol. The zero-order valence-electron chi connectivity index (χ0n) is 15.3. The zero-order valence-corrected chi connectivity index (χ0v) is 15.3. The summed E-state index contributed by atoms with van der Waals surface area (Å²) in [6, 6.07) is 7.69. The number of amides is 1. The van der Waals surface area contributed by atoms with Crippen molar-refractivity contribution in [3.8, 4) is 5.69 Å². The number of ether oxygens (including phenoxy) is 1. The van der Waals surface area contributed by atoms with Crippen LogP contribution in [-0.2, 0) is 9.53 Å². The van der Waals surface area contributed by atoms with Gasteiger partial charge >= 0.3 is 0 Å². The number of carbonyl (C=O) groups is 1. The minimum atomic E-state index is -0.904. The van der Waals surface area contributed by atoms with Crippen molar-refractivity contribution < 1.29 is 9.53 Å². The summed E-state index contributed by atoms with van der Waals surface area (Å²) < 4.78 is 7.69. The summed E-state index contributed by atoms with van der Waals surface area (Å²) in [4.78, 5) is 17.0. The van der Waals surface area contributed by atoms with E-state index in [-0.39, 0.29) is 11.5 Å². The molecule has 1 aliphatic rings. The summed E-state index contributed by atoms with van der Waals surface area (Å²) in [6.45, 7) is 8.44. The fourth-order valence-corrected chi connectivity index (χ4v) is 3.32. The van der Waals surface area contributed by atoms with E-state index >= 15 is 0 Å². The molecule has 6 heteroatoms. The molecule has 0 radical (unpaired) electrons. The van der Waals surface area contributed by atoms with Crippen LogP contribution in [0.3, 0.4) is 0 Å². The molecule has 1 unspecified atom stereocenters. The van der Waals surface area contributed by atoms with E-state index in [9.17, 15) is 4.79 Å². The third-order valence-corrected chi connectivity index (χ3v) is 4.89. The number of imidazole rings is 1. The molecular formula is C19H26N4O2. The number of nitrogens with one attached hydrogen (secondary N) is 1. The van der Waals surface area contributed by atoms with Crippen molar-refractivity contribution in [3.05, 3.63) is 42.0 Å². The van der Waals surface area contributed by atoms with Crippen molar-refractivity contribution >= 4 is 11.6 Å². The first-order chi connectivity index (χ1) is 11.7. The van der Waals surface area contributed by atoms with E-state index in [2.05, 4.69) is 10.3 Å². The molecule has 2 heterocycles. The molecule has 0 aliphatic carbocycles. The van der Waals surface area contributed by atoms with Gasteiger partial charge in [0.1, 0.15) is 5.54 Å². The Bertz CT molecular complexity index is 779. The van der Waals surface area contributed by atoms with Gasteiger partial charge in [-0.1, -0.05) is 0 Å². The van der Waals surface area contributed by atoms with Crippen LogP contribution in [0.4, 0.5) is 5.69 Å². The highest BCUT2D eigenvalue weighted by Crippen LogP contribution is 2.31. The number of hydrogen-bond acceptors (Lipinski definition) is 4. The number of hydrogen-bond donors (Lipinski definition) is 2. The van der Waals surface area contributed by atoms with Gasteiger partial charge in [-0.3, -0.25) is 4.79 Å². The average molecular weight is 342 g/mol. The van der Waals surface area contributed by atoms with E-state index in [0.29, 0.717) is 19.4 Å². The first-order valence-corrected chi connectivity index (χ1v) is 8.55. The van der Waals surface area contributed by atoms with Gasteiger partial charge in [0.25, 0.3) is 0 Å². The minimum Gasteiger partial charge on any atom is -0.375 e. The van der Waals surface area contributed by atoms with Gasteiger partial charge in [-0.15, -0.1) is 0 Å². The Hall–Kier alpha value is -2.18. The van der Waals surface area contributed by atoms with Crippen LogP contribution in [0.25, 0.3) is 5.69 Å². The zero-order chi connectivity index (χ0) is 18.2. The summed E-state index contributed by atoms with van der Waals surface area (Å²) in [5.41, 5.74) is 8.92. The lowest BCUT2D eigenvalue weighted by atomic mass is 9.81. The Balaban J connectivity index is 1.73. The molecule has 1 aromatic carbocycles. The minimum absolute atomic E-state index is 0.161. The summed E-state index contributed by atoms with van der Waals surface area (Å²) in [5, 5.41) is 2.94. The maximum absolute atomic E-state index is 12.7. The standard InChI is InChI=1S/C19H26N4O2/c1-13-14(2)23(12-21-13)16-7-5-15(6-8-16)22-17(24)19(20)9-10-25-18(3,4)11-19/h5-8,12H,9-11,20H2,1-4H3,(H,22,24). The highest BCUT2D eigenvalue weighted by Gasteiger charge is 2.43. The van der Waals surface area contributed by atoms with Crippen molar-refractivity contribution in [2.24, 2.45) is 5.73 Å². The molecule has 134 valence electrons. The number of carbonyl (C=O) groups excluding carboxylic acids is 1. The Morgan fingerprint density at radius 2 is 1.96 bits per heavy atom. The Morgan fingerprint density at radius 3 is 2.52 bits per heavy atom. The number of nitrogens with two attached hydrogens (primary N) is 1. The van der Waals surface area contributed by atoms with Crippen molar-refractivity contribution in [3.63, 3.8) is 0 Å². The maximum Gasteiger partial charge on any atom is 0.244 e. The molecule has 0 bridgehead atoms. The van der Waals surface area contributed by atoms with Crippen molar-refractivity contribution in [1.82, 2.24) is 9.55 Å². The summed E-state index contributed by atoms with van der Waals surface area (Å²) in [6.07, 6.45) is 2.82. The molecule has 1 atom stereocenters. The molecule has 3 rings (SSSR count). The van der Waals surface area contributed by atoms with Crippen LogP contribution in [0.5, 0.6) is 0 Å². The molecule has 1 aromatic heterocycles. The first kappa shape index (κ1) is 17.6. The van der Waals surface area contributed by atoms with Crippen LogP contribution in [0.2, 0.25) is 0 Å². The van der Waals surface area contributed by atoms with Gasteiger partial charge < -0.3 is 20.4 Å². The number of nitrogens with zero attached hydrogens (tertiary/aromatic N) is 2. The lowest BCUT2D eigenvalue weighted by Gasteiger charge is -2.41. The summed E-state index contributed by atoms with van der Waals surface area (Å²) in [5.74, 6) is -0.161. The molecule has 0 spiro atoms. The second kappa shape index (κ2) is 6.28. The molecular weight excluding hydrogens is 316 g/mol. The maximum atomic E-state index is 12.7. The number of benzene rings is 1. The molecule has 2 aromatic rings. The third-order valence-electron chi connectivity index (χ3n) is 4.89. The van der Waals surface area contributed by atoms with Gasteiger partial charge in [-0.25, -0.2) is 4.98 Å². The molecule has 1 aliphatic heterocycles. The molecule has 1 saturated heterocycles. The smallest absolute Gasteiger partial charge is 0.244 e. The van der Waals surface area contributed by atoms with Gasteiger partial charge in [0.2, 0.25) is 5.91 Å². The van der Waals surface area contributed by atoms with Crippen molar-refractivity contribution in [1.29, 1.82) is 0 Å². The van der Waals surface area contributed by atoms with Crippen LogP contribution in [0.1, 0.15) is 38.1 Å². The third kappa shape index (κ3) is 3.60. The van der Waals surface area contributed by atoms with E-state index in [4.69, 9.17) is 10.5 Å². The van der Waals surface area contributed by atoms with Gasteiger partial charge in [0.15, 0.2) is 0 Å². The van der Waals surface area contributed by atoms with Gasteiger partial charge in [-0.05, 0) is 58.4 Å². The van der Waals surface area contributed by atoms with E-state index in [1.807, 2.05) is 56.5 Å². The molecule has 25 heavy (non-hydrogen) atoms. The highest BCUT2D eigenvalue weighted by molar-refractivity contribution is 5.98. The van der Waals surface area contributed by atoms with Crippen molar-refractivity contribution in [2.75, 3.05) is 11.9 Å². The Morgan fingerprint density at radius 1 is 1.28 bits per heavy atom. The second-order valence-corrected chi connectivity index (χ2v) is 7.48. The fraction of sp³-hybridized carbons (Fsp3) is 0.474. The summed E-state index contributed by atoms with van der Waals surface area (Å²) in [7, 11) is 0. The van der Waals surface area contributed by atoms with E-state index in [1.54, 1.807) is 6.33 Å². The highest BCUT2D eigenvalue weighted by atomic mass is 16.5. The van der Waals surface area contributed by atoms with Crippen LogP contribution in [-0.4, -0.2) is 33.2 Å². The topological polar surface area (TPSA) is 82.2 Å². The van der Waals surface area contributed by atoms with Gasteiger partial charge in [0.05, 0.1) is 17.6 Å². The quantitative estimate of drug-likeness (QED) is 0.898. The average Bonchev–Trinajstić information content (AvgIpc) is 2.86. The van der Waals surface area contributed by atoms with E-state index < -0.39 is 5.54 Å². The lowest BCUT2D eigenvalue weighted by molar-refractivity contribution is -0.133. The molecule has 1 amide bonds. The lowest BCUT2D eigenvalue weighted by Crippen LogP contribution is -2.59. The molecule has 3 N–H and O–H groups in total. The molecule has 6 nitrogen and oxygen atoms in total. The Labute approximate surface area is 148 Å². The normalized spacial score (nSPS) is 22.6. The second-order valence-electron chi connectivity index (χ2n) is 7.48. The van der Waals surface area contributed by atoms with Crippen LogP contribution < -0.4 is 11.1 Å². The van der Waals surface area contributed by atoms with Crippen molar-refractivity contribution in [2.45, 2.75) is 51.7 Å². The first-order valence-electron chi connectivity index (χ1n) is 8.55. The monoisotopic (exact) mass is 342 g/mol. The number of aryl methyl sites for hydroxylation is 1. The summed E-state index contributed by atoms with van der Waals surface area (Å²) >= 11 is 0. The van der Waals surface area contributed by atoms with E-state index in [1.165, 1.54) is 0 Å². The fourth-order valence-electron chi connectivity index (χ4n) is 3.32. The number of anilines is 1.